The largest absolute Gasteiger partial charge is 0.495 e. The van der Waals surface area contributed by atoms with Crippen molar-refractivity contribution in [3.63, 3.8) is 0 Å². The fraction of sp³-hybridized carbons (Fsp3) is 0.200. The van der Waals surface area contributed by atoms with Gasteiger partial charge >= 0.3 is 5.97 Å². The van der Waals surface area contributed by atoms with E-state index in [1.165, 1.54) is 14.0 Å². The third kappa shape index (κ3) is 6.16. The summed E-state index contributed by atoms with van der Waals surface area (Å²) in [5, 5.41) is 23.0. The molecule has 0 heterocycles. The second kappa shape index (κ2) is 11.0. The van der Waals surface area contributed by atoms with Crippen LogP contribution < -0.4 is 14.8 Å². The Hall–Kier alpha value is -2.88. The summed E-state index contributed by atoms with van der Waals surface area (Å²) in [6.45, 7) is 3.31. The van der Waals surface area contributed by atoms with Gasteiger partial charge in [-0.15, -0.1) is 0 Å². The van der Waals surface area contributed by atoms with E-state index in [0.29, 0.717) is 42.8 Å². The lowest BCUT2D eigenvalue weighted by Gasteiger charge is -2.21. The second-order valence-corrected chi connectivity index (χ2v) is 9.36. The number of aryl methyl sites for hydroxylation is 1. The molecule has 0 spiro atoms. The lowest BCUT2D eigenvalue weighted by atomic mass is 9.98. The minimum atomic E-state index is -1.04. The number of methoxy groups -OCH3 is 1. The molecule has 3 aromatic carbocycles. The third-order valence-corrected chi connectivity index (χ3v) is 6.10. The number of aliphatic carboxylic acids is 1. The molecule has 0 aromatic heterocycles. The molecule has 0 radical (unpaired) electrons. The molecule has 0 fully saturated rings. The maximum Gasteiger partial charge on any atom is 0.307 e. The molecule has 1 unspecified atom stereocenters. The van der Waals surface area contributed by atoms with Crippen LogP contribution in [0.4, 0.5) is 5.69 Å². The Morgan fingerprint density at radius 2 is 1.74 bits per heavy atom. The van der Waals surface area contributed by atoms with Gasteiger partial charge in [0, 0.05) is 18.6 Å². The first-order valence-corrected chi connectivity index (χ1v) is 11.8. The van der Waals surface area contributed by atoms with Crippen LogP contribution in [0.1, 0.15) is 35.3 Å². The van der Waals surface area contributed by atoms with Gasteiger partial charge in [0.1, 0.15) is 17.6 Å². The van der Waals surface area contributed by atoms with Crippen LogP contribution in [0.2, 0.25) is 0 Å². The van der Waals surface area contributed by atoms with Gasteiger partial charge in [0.25, 0.3) is 0 Å². The molecule has 34 heavy (non-hydrogen) atoms. The van der Waals surface area contributed by atoms with Crippen molar-refractivity contribution >= 4 is 49.4 Å². The topological polar surface area (TPSA) is 105 Å². The van der Waals surface area contributed by atoms with E-state index in [9.17, 15) is 14.7 Å². The lowest BCUT2D eigenvalue weighted by Crippen LogP contribution is -2.10. The number of aliphatic hydroxyl groups is 1. The summed E-state index contributed by atoms with van der Waals surface area (Å²) in [6.07, 6.45) is -1.19. The molecular formula is C25H23Br2NO6. The maximum absolute atomic E-state index is 11.7. The van der Waals surface area contributed by atoms with Crippen LogP contribution in [0.5, 0.6) is 17.2 Å². The standard InChI is InChI=1S/C25H23Br2NO6/c1-13-5-4-6-16(7-13)24(32)17-11-22(33-3)20(28-14(2)29)12-21(17)34-25-18(26)8-15(9-19(25)27)10-23(30)31/h4-9,11-12,24,32H,10H2,1-3H3,(H,28,29)(H,30,31). The molecule has 1 amide bonds. The second-order valence-electron chi connectivity index (χ2n) is 7.65. The average Bonchev–Trinajstić information content (AvgIpc) is 2.75. The number of aliphatic hydroxyl groups excluding tert-OH is 1. The van der Waals surface area contributed by atoms with E-state index in [0.717, 1.165) is 5.56 Å². The first kappa shape index (κ1) is 25.7. The monoisotopic (exact) mass is 591 g/mol. The predicted molar refractivity (Wildman–Crippen MR) is 136 cm³/mol. The van der Waals surface area contributed by atoms with E-state index in [4.69, 9.17) is 14.6 Å². The molecule has 0 aliphatic carbocycles. The number of hydrogen-bond donors (Lipinski definition) is 3. The van der Waals surface area contributed by atoms with Gasteiger partial charge in [0.15, 0.2) is 5.75 Å². The van der Waals surface area contributed by atoms with Crippen LogP contribution in [0.25, 0.3) is 0 Å². The van der Waals surface area contributed by atoms with Crippen molar-refractivity contribution in [2.75, 3.05) is 12.4 Å². The first-order valence-electron chi connectivity index (χ1n) is 10.2. The zero-order valence-electron chi connectivity index (χ0n) is 18.7. The van der Waals surface area contributed by atoms with Crippen molar-refractivity contribution in [3.05, 3.63) is 79.7 Å². The van der Waals surface area contributed by atoms with Gasteiger partial charge in [0.05, 0.1) is 28.2 Å². The molecule has 3 rings (SSSR count). The number of amides is 1. The van der Waals surface area contributed by atoms with E-state index < -0.39 is 12.1 Å². The van der Waals surface area contributed by atoms with Gasteiger partial charge in [-0.05, 0) is 68.1 Å². The first-order chi connectivity index (χ1) is 16.1. The lowest BCUT2D eigenvalue weighted by molar-refractivity contribution is -0.136. The van der Waals surface area contributed by atoms with Gasteiger partial charge in [-0.25, -0.2) is 0 Å². The molecule has 0 saturated heterocycles. The van der Waals surface area contributed by atoms with E-state index in [-0.39, 0.29) is 18.1 Å². The quantitative estimate of drug-likeness (QED) is 0.297. The minimum absolute atomic E-state index is 0.149. The van der Waals surface area contributed by atoms with Crippen LogP contribution in [-0.2, 0) is 16.0 Å². The molecule has 178 valence electrons. The summed E-state index contributed by atoms with van der Waals surface area (Å²) >= 11 is 6.89. The third-order valence-electron chi connectivity index (χ3n) is 4.92. The molecule has 0 bridgehead atoms. The van der Waals surface area contributed by atoms with Gasteiger partial charge in [-0.3, -0.25) is 9.59 Å². The zero-order chi connectivity index (χ0) is 25.0. The average molecular weight is 593 g/mol. The Morgan fingerprint density at radius 1 is 1.06 bits per heavy atom. The number of carbonyl (C=O) groups is 2. The Morgan fingerprint density at radius 3 is 2.29 bits per heavy atom. The summed E-state index contributed by atoms with van der Waals surface area (Å²) < 4.78 is 12.7. The number of ether oxygens (including phenoxy) is 2. The highest BCUT2D eigenvalue weighted by atomic mass is 79.9. The summed E-state index contributed by atoms with van der Waals surface area (Å²) in [7, 11) is 1.47. The van der Waals surface area contributed by atoms with E-state index in [1.54, 1.807) is 24.3 Å². The molecule has 3 aromatic rings. The van der Waals surface area contributed by atoms with E-state index in [2.05, 4.69) is 37.2 Å². The summed E-state index contributed by atoms with van der Waals surface area (Å²) in [5.41, 5.74) is 3.02. The zero-order valence-corrected chi connectivity index (χ0v) is 21.9. The number of rotatable bonds is 8. The number of benzene rings is 3. The van der Waals surface area contributed by atoms with E-state index in [1.807, 2.05) is 31.2 Å². The molecule has 3 N–H and O–H groups in total. The highest BCUT2D eigenvalue weighted by molar-refractivity contribution is 9.11. The van der Waals surface area contributed by atoms with Gasteiger partial charge in [0.2, 0.25) is 5.91 Å². The van der Waals surface area contributed by atoms with Crippen LogP contribution in [0.3, 0.4) is 0 Å². The number of halogens is 2. The number of nitrogens with one attached hydrogen (secondary N) is 1. The highest BCUT2D eigenvalue weighted by Gasteiger charge is 2.22. The smallest absolute Gasteiger partial charge is 0.307 e. The molecule has 1 atom stereocenters. The normalized spacial score (nSPS) is 11.6. The Kier molecular flexibility index (Phi) is 8.35. The summed E-state index contributed by atoms with van der Waals surface area (Å²) in [6, 6.07) is 14.0. The SMILES string of the molecule is COc1cc(C(O)c2cccc(C)c2)c(Oc2c(Br)cc(CC(=O)O)cc2Br)cc1NC(C)=O. The minimum Gasteiger partial charge on any atom is -0.495 e. The van der Waals surface area contributed by atoms with Crippen LogP contribution >= 0.6 is 31.9 Å². The van der Waals surface area contributed by atoms with Crippen LogP contribution in [0, 0.1) is 6.92 Å². The van der Waals surface area contributed by atoms with Gasteiger partial charge in [-0.2, -0.15) is 0 Å². The Labute approximate surface area is 214 Å². The van der Waals surface area contributed by atoms with Crippen molar-refractivity contribution in [2.24, 2.45) is 0 Å². The maximum atomic E-state index is 11.7. The molecule has 9 heteroatoms. The molecule has 0 aliphatic rings. The van der Waals surface area contributed by atoms with Crippen molar-refractivity contribution in [1.82, 2.24) is 0 Å². The molecule has 0 aliphatic heterocycles. The fourth-order valence-electron chi connectivity index (χ4n) is 3.45. The number of hydrogen-bond acceptors (Lipinski definition) is 5. The number of carbonyl (C=O) groups excluding carboxylic acids is 1. The molecule has 0 saturated carbocycles. The highest BCUT2D eigenvalue weighted by Crippen LogP contribution is 2.44. The van der Waals surface area contributed by atoms with Crippen molar-refractivity contribution in [1.29, 1.82) is 0 Å². The van der Waals surface area contributed by atoms with Crippen LogP contribution in [-0.4, -0.2) is 29.2 Å². The van der Waals surface area contributed by atoms with E-state index >= 15 is 0 Å². The molecule has 7 nitrogen and oxygen atoms in total. The van der Waals surface area contributed by atoms with Crippen molar-refractivity contribution in [2.45, 2.75) is 26.4 Å². The van der Waals surface area contributed by atoms with Crippen LogP contribution in [0.15, 0.2) is 57.5 Å². The Bertz CT molecular complexity index is 1220. The summed E-state index contributed by atoms with van der Waals surface area (Å²) in [4.78, 5) is 22.8. The van der Waals surface area contributed by atoms with Crippen molar-refractivity contribution < 1.29 is 29.3 Å². The van der Waals surface area contributed by atoms with Gasteiger partial charge < -0.3 is 25.0 Å². The fourth-order valence-corrected chi connectivity index (χ4v) is 4.89. The number of anilines is 1. The summed E-state index contributed by atoms with van der Waals surface area (Å²) in [5.74, 6) is -0.223. The number of carboxylic acids is 1. The molecular weight excluding hydrogens is 570 g/mol. The Balaban J connectivity index is 2.14. The predicted octanol–water partition coefficient (Wildman–Crippen LogP) is 5.99. The van der Waals surface area contributed by atoms with Crippen molar-refractivity contribution in [3.8, 4) is 17.2 Å². The number of carboxylic acid groups (broad SMARTS) is 1. The van der Waals surface area contributed by atoms with Gasteiger partial charge in [-0.1, -0.05) is 29.8 Å².